The Morgan fingerprint density at radius 3 is 2.71 bits per heavy atom. The summed E-state index contributed by atoms with van der Waals surface area (Å²) in [6, 6.07) is 8.83. The van der Waals surface area contributed by atoms with E-state index >= 15 is 0 Å². The Bertz CT molecular complexity index is 1180. The number of carbonyl (C=O) groups excluding carboxylic acids is 1. The number of para-hydroxylation sites is 1. The maximum Gasteiger partial charge on any atom is 0.522 e. The molecule has 1 aliphatic carbocycles. The monoisotopic (exact) mass is 495 g/mol. The van der Waals surface area contributed by atoms with Gasteiger partial charge in [0.25, 0.3) is 5.91 Å². The first kappa shape index (κ1) is 23.0. The van der Waals surface area contributed by atoms with Crippen LogP contribution in [0.25, 0.3) is 10.9 Å². The minimum absolute atomic E-state index is 0.175. The Hall–Kier alpha value is -2.76. The average Bonchev–Trinajstić information content (AvgIpc) is 3.24. The molecule has 8 nitrogen and oxygen atoms in total. The zero-order valence-electron chi connectivity index (χ0n) is 17.8. The third-order valence-corrected chi connectivity index (χ3v) is 6.57. The van der Waals surface area contributed by atoms with Gasteiger partial charge in [0.1, 0.15) is 6.04 Å². The molecular formula is C22H21ClF3N5O3. The van der Waals surface area contributed by atoms with E-state index in [1.807, 2.05) is 24.3 Å². The second-order valence-electron chi connectivity index (χ2n) is 8.59. The Morgan fingerprint density at radius 1 is 1.18 bits per heavy atom. The van der Waals surface area contributed by atoms with Crippen molar-refractivity contribution in [2.24, 2.45) is 0 Å². The van der Waals surface area contributed by atoms with E-state index in [0.717, 1.165) is 10.9 Å². The normalized spacial score (nSPS) is 25.8. The van der Waals surface area contributed by atoms with Crippen LogP contribution < -0.4 is 5.32 Å². The smallest absolute Gasteiger partial charge is 0.423 e. The zero-order chi connectivity index (χ0) is 23.9. The fraction of sp³-hybridized carbons (Fsp3) is 0.455. The van der Waals surface area contributed by atoms with Crippen LogP contribution in [0.15, 0.2) is 40.9 Å². The summed E-state index contributed by atoms with van der Waals surface area (Å²) in [4.78, 5) is 17.0. The maximum absolute atomic E-state index is 12.7. The molecule has 2 aromatic heterocycles. The van der Waals surface area contributed by atoms with Crippen molar-refractivity contribution in [1.29, 1.82) is 0 Å². The Kier molecular flexibility index (Phi) is 6.17. The summed E-state index contributed by atoms with van der Waals surface area (Å²) in [7, 11) is 0. The molecule has 1 amide bonds. The number of hydrogen-bond donors (Lipinski definition) is 1. The number of nitrogens with one attached hydrogen (secondary N) is 1. The van der Waals surface area contributed by atoms with Crippen molar-refractivity contribution < 1.29 is 27.1 Å². The standard InChI is InChI=1S/C22H21ClF3N5O3/c23-31-11-15(28-19(32)14-7-12-3-1-2-4-17(12)27-10-14)5-6-18(31)21-30-29-20(33-21)13-8-16(9-13)34-22(24,25)26/h1-4,7,10,13,15-16,18H,5-6,8-9,11H2,(H,28,32)/t13?,15-,16?,18+/m0/s1. The molecule has 0 bridgehead atoms. The Labute approximate surface area is 197 Å². The summed E-state index contributed by atoms with van der Waals surface area (Å²) in [5.41, 5.74) is 1.28. The van der Waals surface area contributed by atoms with Gasteiger partial charge >= 0.3 is 6.36 Å². The molecule has 180 valence electrons. The van der Waals surface area contributed by atoms with Crippen LogP contribution in [0.3, 0.4) is 0 Å². The first-order valence-corrected chi connectivity index (χ1v) is 11.2. The number of ether oxygens (including phenoxy) is 1. The molecular weight excluding hydrogens is 475 g/mol. The highest BCUT2D eigenvalue weighted by Crippen LogP contribution is 2.42. The number of amides is 1. The van der Waals surface area contributed by atoms with Crippen molar-refractivity contribution >= 4 is 28.6 Å². The summed E-state index contributed by atoms with van der Waals surface area (Å²) in [6.45, 7) is 0.363. The highest BCUT2D eigenvalue weighted by Gasteiger charge is 2.43. The predicted molar refractivity (Wildman–Crippen MR) is 115 cm³/mol. The van der Waals surface area contributed by atoms with Crippen LogP contribution >= 0.6 is 11.8 Å². The van der Waals surface area contributed by atoms with E-state index in [-0.39, 0.29) is 36.8 Å². The molecule has 2 aliphatic rings. The molecule has 2 fully saturated rings. The van der Waals surface area contributed by atoms with Crippen molar-refractivity contribution in [3.63, 3.8) is 0 Å². The second kappa shape index (κ2) is 9.12. The van der Waals surface area contributed by atoms with Crippen molar-refractivity contribution in [2.75, 3.05) is 6.54 Å². The number of fused-ring (bicyclic) bond motifs is 1. The van der Waals surface area contributed by atoms with E-state index in [4.69, 9.17) is 16.2 Å². The summed E-state index contributed by atoms with van der Waals surface area (Å²) in [5, 5.41) is 11.9. The van der Waals surface area contributed by atoms with E-state index in [2.05, 4.69) is 25.2 Å². The SMILES string of the molecule is O=C(N[C@H]1CC[C@H](c2nnc(C3CC(OC(F)(F)F)C3)o2)N(Cl)C1)c1cnc2ccccc2c1. The summed E-state index contributed by atoms with van der Waals surface area (Å²) in [5.74, 6) is 0.117. The lowest BCUT2D eigenvalue weighted by Crippen LogP contribution is -2.45. The van der Waals surface area contributed by atoms with Crippen molar-refractivity contribution in [3.05, 3.63) is 53.9 Å². The lowest BCUT2D eigenvalue weighted by Gasteiger charge is -2.34. The molecule has 1 saturated heterocycles. The van der Waals surface area contributed by atoms with Gasteiger partial charge in [0.15, 0.2) is 0 Å². The van der Waals surface area contributed by atoms with E-state index in [1.54, 1.807) is 12.3 Å². The van der Waals surface area contributed by atoms with Crippen molar-refractivity contribution in [1.82, 2.24) is 24.9 Å². The minimum atomic E-state index is -4.65. The van der Waals surface area contributed by atoms with Crippen LogP contribution in [0.1, 0.15) is 59.8 Å². The molecule has 0 spiro atoms. The van der Waals surface area contributed by atoms with Crippen LogP contribution in [0.2, 0.25) is 0 Å². The molecule has 12 heteroatoms. The van der Waals surface area contributed by atoms with Gasteiger partial charge in [-0.1, -0.05) is 18.2 Å². The van der Waals surface area contributed by atoms with Gasteiger partial charge in [0, 0.05) is 30.1 Å². The summed E-state index contributed by atoms with van der Waals surface area (Å²) < 4.78 is 48.1. The van der Waals surface area contributed by atoms with Gasteiger partial charge in [0.2, 0.25) is 11.8 Å². The minimum Gasteiger partial charge on any atom is -0.423 e. The first-order valence-electron chi connectivity index (χ1n) is 10.9. The third-order valence-electron chi connectivity index (χ3n) is 6.20. The third kappa shape index (κ3) is 5.01. The Balaban J connectivity index is 1.15. The van der Waals surface area contributed by atoms with Gasteiger partial charge in [-0.25, -0.2) is 4.42 Å². The van der Waals surface area contributed by atoms with Gasteiger partial charge in [0.05, 0.1) is 17.2 Å². The lowest BCUT2D eigenvalue weighted by molar-refractivity contribution is -0.352. The lowest BCUT2D eigenvalue weighted by atomic mass is 9.82. The number of benzene rings is 1. The second-order valence-corrected chi connectivity index (χ2v) is 9.03. The van der Waals surface area contributed by atoms with Gasteiger partial charge in [-0.3, -0.25) is 14.5 Å². The molecule has 34 heavy (non-hydrogen) atoms. The van der Waals surface area contributed by atoms with Gasteiger partial charge in [-0.15, -0.1) is 23.4 Å². The molecule has 5 rings (SSSR count). The van der Waals surface area contributed by atoms with Crippen LogP contribution in [-0.2, 0) is 4.74 Å². The molecule has 3 aromatic rings. The zero-order valence-corrected chi connectivity index (χ0v) is 18.6. The van der Waals surface area contributed by atoms with Crippen LogP contribution in [-0.4, -0.2) is 50.6 Å². The number of halogens is 4. The maximum atomic E-state index is 12.7. The number of aromatic nitrogens is 3. The molecule has 0 unspecified atom stereocenters. The largest absolute Gasteiger partial charge is 0.522 e. The van der Waals surface area contributed by atoms with Gasteiger partial charge in [-0.2, -0.15) is 0 Å². The van der Waals surface area contributed by atoms with Crippen molar-refractivity contribution in [2.45, 2.75) is 56.2 Å². The molecule has 0 radical (unpaired) electrons. The number of hydrogen-bond acceptors (Lipinski definition) is 7. The highest BCUT2D eigenvalue weighted by atomic mass is 35.5. The van der Waals surface area contributed by atoms with Crippen LogP contribution in [0.4, 0.5) is 13.2 Å². The summed E-state index contributed by atoms with van der Waals surface area (Å²) in [6.07, 6.45) is -2.43. The van der Waals surface area contributed by atoms with E-state index in [9.17, 15) is 18.0 Å². The van der Waals surface area contributed by atoms with Gasteiger partial charge < -0.3 is 9.73 Å². The predicted octanol–water partition coefficient (Wildman–Crippen LogP) is 4.49. The number of pyridine rings is 1. The quantitative estimate of drug-likeness (QED) is 0.521. The molecule has 1 N–H and O–H groups in total. The molecule has 1 aliphatic heterocycles. The topological polar surface area (TPSA) is 93.4 Å². The molecule has 1 aromatic carbocycles. The molecule has 1 saturated carbocycles. The van der Waals surface area contributed by atoms with E-state index in [1.165, 1.54) is 4.42 Å². The number of nitrogens with zero attached hydrogens (tertiary/aromatic N) is 4. The average molecular weight is 496 g/mol. The highest BCUT2D eigenvalue weighted by molar-refractivity contribution is 6.13. The van der Waals surface area contributed by atoms with E-state index in [0.29, 0.717) is 36.7 Å². The van der Waals surface area contributed by atoms with Gasteiger partial charge in [-0.05, 0) is 49.6 Å². The van der Waals surface area contributed by atoms with Crippen molar-refractivity contribution in [3.8, 4) is 0 Å². The summed E-state index contributed by atoms with van der Waals surface area (Å²) >= 11 is 6.45. The molecule has 3 heterocycles. The Morgan fingerprint density at radius 2 is 1.94 bits per heavy atom. The number of piperidine rings is 1. The number of carbonyl (C=O) groups is 1. The molecule has 2 atom stereocenters. The fourth-order valence-corrected chi connectivity index (χ4v) is 4.70. The fourth-order valence-electron chi connectivity index (χ4n) is 4.35. The van der Waals surface area contributed by atoms with E-state index < -0.39 is 12.5 Å². The number of alkyl halides is 3. The number of rotatable bonds is 5. The van der Waals surface area contributed by atoms with Crippen LogP contribution in [0, 0.1) is 0 Å². The first-order chi connectivity index (χ1) is 16.2. The van der Waals surface area contributed by atoms with Crippen LogP contribution in [0.5, 0.6) is 0 Å².